The summed E-state index contributed by atoms with van der Waals surface area (Å²) in [5, 5.41) is 7.44. The van der Waals surface area contributed by atoms with E-state index in [-0.39, 0.29) is 5.78 Å². The number of ketones is 1. The number of hydrogen-bond acceptors (Lipinski definition) is 1. The van der Waals surface area contributed by atoms with Gasteiger partial charge in [-0.05, 0) is 40.1 Å². The highest BCUT2D eigenvalue weighted by molar-refractivity contribution is 6.45. The fourth-order valence-electron chi connectivity index (χ4n) is 4.38. The van der Waals surface area contributed by atoms with Gasteiger partial charge in [-0.3, -0.25) is 4.79 Å². The third kappa shape index (κ3) is 1.61. The summed E-state index contributed by atoms with van der Waals surface area (Å²) in [7, 11) is 0. The first kappa shape index (κ1) is 14.5. The molecule has 0 saturated heterocycles. The molecule has 0 aromatic heterocycles. The molecule has 0 unspecified atom stereocenters. The van der Waals surface area contributed by atoms with Gasteiger partial charge in [0.15, 0.2) is 5.78 Å². The lowest BCUT2D eigenvalue weighted by molar-refractivity contribution is 0.104. The minimum Gasteiger partial charge on any atom is -0.289 e. The molecule has 0 spiro atoms. The molecule has 26 heavy (non-hydrogen) atoms. The maximum atomic E-state index is 13.2. The Morgan fingerprint density at radius 1 is 0.577 bits per heavy atom. The number of benzene rings is 5. The summed E-state index contributed by atoms with van der Waals surface area (Å²) in [6, 6.07) is 19.7. The van der Waals surface area contributed by atoms with E-state index in [4.69, 9.17) is 23.2 Å². The van der Waals surface area contributed by atoms with E-state index in [2.05, 4.69) is 12.1 Å². The molecule has 1 aliphatic rings. The van der Waals surface area contributed by atoms with Crippen molar-refractivity contribution < 1.29 is 4.79 Å². The molecule has 122 valence electrons. The number of halogens is 2. The molecule has 0 N–H and O–H groups in total. The smallest absolute Gasteiger partial charge is 0.194 e. The van der Waals surface area contributed by atoms with Crippen molar-refractivity contribution in [1.29, 1.82) is 0 Å². The largest absolute Gasteiger partial charge is 0.289 e. The van der Waals surface area contributed by atoms with Gasteiger partial charge in [0.1, 0.15) is 0 Å². The summed E-state index contributed by atoms with van der Waals surface area (Å²) in [4.78, 5) is 13.2. The van der Waals surface area contributed by atoms with Crippen molar-refractivity contribution in [2.45, 2.75) is 0 Å². The molecule has 6 rings (SSSR count). The van der Waals surface area contributed by atoms with Gasteiger partial charge in [0.25, 0.3) is 0 Å². The van der Waals surface area contributed by atoms with Crippen molar-refractivity contribution in [1.82, 2.24) is 0 Å². The topological polar surface area (TPSA) is 17.1 Å². The highest BCUT2D eigenvalue weighted by Gasteiger charge is 2.28. The first-order valence-corrected chi connectivity index (χ1v) is 9.14. The lowest BCUT2D eigenvalue weighted by atomic mass is 9.79. The van der Waals surface area contributed by atoms with Gasteiger partial charge in [-0.25, -0.2) is 0 Å². The molecule has 0 radical (unpaired) electrons. The number of carbonyl (C=O) groups excluding carboxylic acids is 1. The van der Waals surface area contributed by atoms with Gasteiger partial charge >= 0.3 is 0 Å². The van der Waals surface area contributed by atoms with Gasteiger partial charge in [0, 0.05) is 42.7 Å². The second-order valence-corrected chi connectivity index (χ2v) is 7.58. The first-order chi connectivity index (χ1) is 12.6. The molecule has 3 heteroatoms. The van der Waals surface area contributed by atoms with E-state index in [1.54, 1.807) is 0 Å². The Morgan fingerprint density at radius 3 is 2.19 bits per heavy atom. The van der Waals surface area contributed by atoms with Crippen LogP contribution in [0.5, 0.6) is 0 Å². The van der Waals surface area contributed by atoms with Crippen LogP contribution in [0.4, 0.5) is 0 Å². The van der Waals surface area contributed by atoms with Crippen molar-refractivity contribution in [3.8, 4) is 11.1 Å². The highest BCUT2D eigenvalue weighted by atomic mass is 35.5. The second kappa shape index (κ2) is 4.76. The molecule has 0 atom stereocenters. The Morgan fingerprint density at radius 2 is 1.35 bits per heavy atom. The molecular formula is C23H10Cl2O. The van der Waals surface area contributed by atoms with Crippen molar-refractivity contribution in [2.24, 2.45) is 0 Å². The molecule has 1 aliphatic carbocycles. The minimum atomic E-state index is 0.0269. The lowest BCUT2D eigenvalue weighted by Crippen LogP contribution is -2.10. The molecule has 0 bridgehead atoms. The van der Waals surface area contributed by atoms with Gasteiger partial charge < -0.3 is 0 Å². The Hall–Kier alpha value is -2.61. The molecule has 0 saturated carbocycles. The zero-order chi connectivity index (χ0) is 17.6. The molecule has 1 nitrogen and oxygen atoms in total. The maximum absolute atomic E-state index is 13.2. The van der Waals surface area contributed by atoms with E-state index in [1.807, 2.05) is 48.5 Å². The summed E-state index contributed by atoms with van der Waals surface area (Å²) >= 11 is 13.2. The van der Waals surface area contributed by atoms with Crippen LogP contribution in [0, 0.1) is 0 Å². The van der Waals surface area contributed by atoms with E-state index in [1.165, 1.54) is 0 Å². The standard InChI is InChI=1S/C23H10Cl2O/c24-18-8-6-11-5-7-14-19(25)10-17-21-15(9-16(18)20(11)22(14)21)12-3-1-2-4-13(12)23(17)26/h1-10H. The van der Waals surface area contributed by atoms with Crippen LogP contribution in [0.15, 0.2) is 60.7 Å². The Bertz CT molecular complexity index is 1420. The Kier molecular flexibility index (Phi) is 2.66. The quantitative estimate of drug-likeness (QED) is 0.260. The average Bonchev–Trinajstić information content (AvgIpc) is 2.67. The summed E-state index contributed by atoms with van der Waals surface area (Å²) in [6.07, 6.45) is 0. The highest BCUT2D eigenvalue weighted by Crippen LogP contribution is 2.48. The van der Waals surface area contributed by atoms with Crippen LogP contribution >= 0.6 is 23.2 Å². The molecule has 0 heterocycles. The molecular weight excluding hydrogens is 363 g/mol. The van der Waals surface area contributed by atoms with Crippen LogP contribution in [0.1, 0.15) is 15.9 Å². The van der Waals surface area contributed by atoms with Crippen LogP contribution in [0.3, 0.4) is 0 Å². The maximum Gasteiger partial charge on any atom is 0.194 e. The van der Waals surface area contributed by atoms with E-state index in [0.29, 0.717) is 21.2 Å². The lowest BCUT2D eigenvalue weighted by Gasteiger charge is -2.23. The van der Waals surface area contributed by atoms with Gasteiger partial charge in [-0.15, -0.1) is 0 Å². The van der Waals surface area contributed by atoms with Crippen molar-refractivity contribution in [3.63, 3.8) is 0 Å². The Balaban J connectivity index is 2.02. The monoisotopic (exact) mass is 372 g/mol. The second-order valence-electron chi connectivity index (χ2n) is 6.76. The number of hydrogen-bond donors (Lipinski definition) is 0. The number of carbonyl (C=O) groups is 1. The van der Waals surface area contributed by atoms with Crippen LogP contribution < -0.4 is 0 Å². The fourth-order valence-corrected chi connectivity index (χ4v) is 4.86. The SMILES string of the molecule is O=C1c2ccccc2-c2cc3c(Cl)ccc4ccc5c(Cl)cc1c2c5c43. The van der Waals surface area contributed by atoms with E-state index in [9.17, 15) is 4.79 Å². The van der Waals surface area contributed by atoms with Crippen LogP contribution in [0.2, 0.25) is 10.0 Å². The van der Waals surface area contributed by atoms with Crippen LogP contribution in [-0.2, 0) is 0 Å². The summed E-state index contributed by atoms with van der Waals surface area (Å²) < 4.78 is 0. The average molecular weight is 373 g/mol. The van der Waals surface area contributed by atoms with E-state index >= 15 is 0 Å². The Labute approximate surface area is 159 Å². The molecule has 0 aliphatic heterocycles. The predicted molar refractivity (Wildman–Crippen MR) is 109 cm³/mol. The van der Waals surface area contributed by atoms with Crippen molar-refractivity contribution >= 4 is 61.3 Å². The van der Waals surface area contributed by atoms with Crippen molar-refractivity contribution in [3.05, 3.63) is 81.8 Å². The van der Waals surface area contributed by atoms with Crippen LogP contribution in [0.25, 0.3) is 43.4 Å². The molecule has 5 aromatic rings. The third-order valence-electron chi connectivity index (χ3n) is 5.49. The molecule has 0 amide bonds. The van der Waals surface area contributed by atoms with Gasteiger partial charge in [0.2, 0.25) is 0 Å². The summed E-state index contributed by atoms with van der Waals surface area (Å²) in [6.45, 7) is 0. The van der Waals surface area contributed by atoms with E-state index < -0.39 is 0 Å². The molecule has 5 aromatic carbocycles. The summed E-state index contributed by atoms with van der Waals surface area (Å²) in [5.74, 6) is 0.0269. The van der Waals surface area contributed by atoms with Crippen molar-refractivity contribution in [2.75, 3.05) is 0 Å². The number of rotatable bonds is 0. The third-order valence-corrected chi connectivity index (χ3v) is 6.13. The zero-order valence-corrected chi connectivity index (χ0v) is 14.9. The first-order valence-electron chi connectivity index (χ1n) is 8.39. The van der Waals surface area contributed by atoms with Gasteiger partial charge in [-0.2, -0.15) is 0 Å². The minimum absolute atomic E-state index is 0.0269. The number of fused-ring (bicyclic) bond motifs is 2. The van der Waals surface area contributed by atoms with Gasteiger partial charge in [-0.1, -0.05) is 65.7 Å². The van der Waals surface area contributed by atoms with Gasteiger partial charge in [0.05, 0.1) is 0 Å². The summed E-state index contributed by atoms with van der Waals surface area (Å²) in [5.41, 5.74) is 3.39. The van der Waals surface area contributed by atoms with Crippen LogP contribution in [-0.4, -0.2) is 5.78 Å². The normalized spacial score (nSPS) is 13.1. The predicted octanol–water partition coefficient (Wildman–Crippen LogP) is 7.10. The van der Waals surface area contributed by atoms with E-state index in [0.717, 1.165) is 43.4 Å². The molecule has 0 fully saturated rings. The zero-order valence-electron chi connectivity index (χ0n) is 13.4. The fraction of sp³-hybridized carbons (Fsp3) is 0.